The van der Waals surface area contributed by atoms with Gasteiger partial charge in [-0.1, -0.05) is 12.1 Å². The molecule has 0 radical (unpaired) electrons. The Morgan fingerprint density at radius 3 is 2.33 bits per heavy atom. The maximum Gasteiger partial charge on any atom is 0.150 e. The average Bonchev–Trinajstić information content (AvgIpc) is 2.94. The quantitative estimate of drug-likeness (QED) is 0.830. The Morgan fingerprint density at radius 1 is 1.00 bits per heavy atom. The van der Waals surface area contributed by atoms with Gasteiger partial charge in [-0.05, 0) is 54.8 Å². The Morgan fingerprint density at radius 2 is 1.67 bits per heavy atom. The van der Waals surface area contributed by atoms with Crippen molar-refractivity contribution >= 4 is 23.3 Å². The molecule has 2 aromatic carbocycles. The van der Waals surface area contributed by atoms with Gasteiger partial charge in [-0.25, -0.2) is 4.84 Å². The third-order valence-electron chi connectivity index (χ3n) is 3.62. The lowest BCUT2D eigenvalue weighted by Gasteiger charge is -2.17. The molecule has 4 N–H and O–H groups in total. The highest BCUT2D eigenvalue weighted by molar-refractivity contribution is 5.71. The molecule has 1 aliphatic heterocycles. The molecule has 0 saturated carbocycles. The fourth-order valence-electron chi connectivity index (χ4n) is 2.21. The molecule has 0 aromatic heterocycles. The molecule has 1 atom stereocenters. The van der Waals surface area contributed by atoms with Gasteiger partial charge in [0, 0.05) is 11.4 Å². The highest BCUT2D eigenvalue weighted by Crippen LogP contribution is 2.29. The van der Waals surface area contributed by atoms with Gasteiger partial charge in [-0.3, -0.25) is 0 Å². The molecule has 0 aliphatic carbocycles. The van der Waals surface area contributed by atoms with E-state index >= 15 is 0 Å². The maximum absolute atomic E-state index is 5.85. The molecule has 1 heterocycles. The van der Waals surface area contributed by atoms with Crippen LogP contribution in [0.2, 0.25) is 0 Å². The smallest absolute Gasteiger partial charge is 0.150 e. The molecule has 21 heavy (non-hydrogen) atoms. The summed E-state index contributed by atoms with van der Waals surface area (Å²) in [5.74, 6) is 0. The van der Waals surface area contributed by atoms with Crippen molar-refractivity contribution in [2.24, 2.45) is 5.10 Å². The molecule has 2 aromatic rings. The molecule has 1 unspecified atom stereocenters. The second-order valence-corrected chi connectivity index (χ2v) is 5.22. The zero-order valence-electron chi connectivity index (χ0n) is 12.1. The van der Waals surface area contributed by atoms with Crippen LogP contribution in [-0.2, 0) is 4.84 Å². The fraction of sp³-hybridized carbons (Fsp3) is 0.188. The zero-order chi connectivity index (χ0) is 15.0. The monoisotopic (exact) mass is 282 g/mol. The van der Waals surface area contributed by atoms with Crippen molar-refractivity contribution in [2.45, 2.75) is 20.0 Å². The van der Waals surface area contributed by atoms with Gasteiger partial charge in [-0.2, -0.15) is 5.10 Å². The van der Waals surface area contributed by atoms with Gasteiger partial charge in [0.25, 0.3) is 0 Å². The number of hydrogen-bond acceptors (Lipinski definition) is 5. The minimum Gasteiger partial charge on any atom is -0.399 e. The van der Waals surface area contributed by atoms with Crippen molar-refractivity contribution in [1.82, 2.24) is 0 Å². The number of hydrogen-bond donors (Lipinski definition) is 2. The standard InChI is InChI=1S/C16H18N4O/c1-10-7-12(3-5-14(10)17)16-9-19-20(21-16)13-4-6-15(18)11(2)8-13/h3-9,16H,17-18H2,1-2H3. The lowest BCUT2D eigenvalue weighted by molar-refractivity contribution is 0.0985. The second-order valence-electron chi connectivity index (χ2n) is 5.22. The Balaban J connectivity index is 1.80. The number of hydrazone groups is 1. The predicted octanol–water partition coefficient (Wildman–Crippen LogP) is 2.95. The summed E-state index contributed by atoms with van der Waals surface area (Å²) in [6.45, 7) is 3.94. The van der Waals surface area contributed by atoms with Crippen molar-refractivity contribution in [1.29, 1.82) is 0 Å². The lowest BCUT2D eigenvalue weighted by Crippen LogP contribution is -2.14. The summed E-state index contributed by atoms with van der Waals surface area (Å²) in [6.07, 6.45) is 1.57. The SMILES string of the molecule is Cc1cc(C2C=NN(c3ccc(N)c(C)c3)O2)ccc1N. The zero-order valence-corrected chi connectivity index (χ0v) is 12.1. The minimum atomic E-state index is -0.206. The van der Waals surface area contributed by atoms with E-state index in [4.69, 9.17) is 16.3 Å². The number of benzene rings is 2. The van der Waals surface area contributed by atoms with Crippen LogP contribution in [0.15, 0.2) is 41.5 Å². The molecule has 0 spiro atoms. The van der Waals surface area contributed by atoms with E-state index < -0.39 is 0 Å². The van der Waals surface area contributed by atoms with Gasteiger partial charge in [-0.15, -0.1) is 5.17 Å². The molecular weight excluding hydrogens is 264 g/mol. The van der Waals surface area contributed by atoms with Crippen LogP contribution < -0.4 is 16.6 Å². The highest BCUT2D eigenvalue weighted by Gasteiger charge is 2.22. The Hall–Kier alpha value is -2.53. The molecule has 5 heteroatoms. The van der Waals surface area contributed by atoms with E-state index in [1.54, 1.807) is 6.21 Å². The third-order valence-corrected chi connectivity index (χ3v) is 3.62. The lowest BCUT2D eigenvalue weighted by atomic mass is 10.1. The Kier molecular flexibility index (Phi) is 3.27. The van der Waals surface area contributed by atoms with Crippen LogP contribution in [0.5, 0.6) is 0 Å². The summed E-state index contributed by atoms with van der Waals surface area (Å²) in [4.78, 5) is 5.85. The molecule has 0 bridgehead atoms. The molecule has 108 valence electrons. The first-order valence-electron chi connectivity index (χ1n) is 6.78. The Bertz CT molecular complexity index is 652. The Labute approximate surface area is 123 Å². The first-order valence-corrected chi connectivity index (χ1v) is 6.78. The van der Waals surface area contributed by atoms with Crippen LogP contribution in [0.1, 0.15) is 22.8 Å². The van der Waals surface area contributed by atoms with E-state index in [1.807, 2.05) is 50.2 Å². The number of nitrogens with zero attached hydrogens (tertiary/aromatic N) is 2. The number of rotatable bonds is 2. The van der Waals surface area contributed by atoms with Crippen LogP contribution in [0, 0.1) is 13.8 Å². The second kappa shape index (κ2) is 5.10. The number of nitrogen functional groups attached to an aromatic ring is 2. The fourth-order valence-corrected chi connectivity index (χ4v) is 2.21. The first-order chi connectivity index (χ1) is 10.0. The topological polar surface area (TPSA) is 76.9 Å². The van der Waals surface area contributed by atoms with Crippen molar-refractivity contribution in [3.8, 4) is 0 Å². The van der Waals surface area contributed by atoms with Crippen molar-refractivity contribution < 1.29 is 4.84 Å². The number of aryl methyl sites for hydroxylation is 2. The van der Waals surface area contributed by atoms with Crippen LogP contribution in [-0.4, -0.2) is 6.21 Å². The van der Waals surface area contributed by atoms with Gasteiger partial charge >= 0.3 is 0 Å². The van der Waals surface area contributed by atoms with Gasteiger partial charge < -0.3 is 11.5 Å². The summed E-state index contributed by atoms with van der Waals surface area (Å²) < 4.78 is 0. The summed E-state index contributed by atoms with van der Waals surface area (Å²) in [7, 11) is 0. The highest BCUT2D eigenvalue weighted by atomic mass is 16.7. The van der Waals surface area contributed by atoms with Crippen LogP contribution >= 0.6 is 0 Å². The molecular formula is C16H18N4O. The minimum absolute atomic E-state index is 0.206. The van der Waals surface area contributed by atoms with Crippen LogP contribution in [0.25, 0.3) is 0 Å². The van der Waals surface area contributed by atoms with E-state index in [9.17, 15) is 0 Å². The molecule has 0 fully saturated rings. The first kappa shape index (κ1) is 13.5. The summed E-state index contributed by atoms with van der Waals surface area (Å²) in [5, 5.41) is 5.82. The van der Waals surface area contributed by atoms with Crippen LogP contribution in [0.4, 0.5) is 17.1 Å². The normalized spacial score (nSPS) is 17.4. The molecule has 1 aliphatic rings. The van der Waals surface area contributed by atoms with E-state index in [-0.39, 0.29) is 6.10 Å². The molecule has 3 rings (SSSR count). The van der Waals surface area contributed by atoms with Crippen molar-refractivity contribution in [3.05, 3.63) is 53.1 Å². The number of nitrogens with two attached hydrogens (primary N) is 2. The van der Waals surface area contributed by atoms with E-state index in [2.05, 4.69) is 5.10 Å². The number of anilines is 3. The van der Waals surface area contributed by atoms with Crippen molar-refractivity contribution in [3.63, 3.8) is 0 Å². The van der Waals surface area contributed by atoms with Crippen molar-refractivity contribution in [2.75, 3.05) is 16.6 Å². The molecule has 5 nitrogen and oxygen atoms in total. The molecule has 0 saturated heterocycles. The third kappa shape index (κ3) is 2.55. The van der Waals surface area contributed by atoms with E-state index in [0.29, 0.717) is 0 Å². The predicted molar refractivity (Wildman–Crippen MR) is 86.0 cm³/mol. The summed E-state index contributed by atoms with van der Waals surface area (Å²) in [5.41, 5.74) is 17.1. The van der Waals surface area contributed by atoms with E-state index in [1.165, 1.54) is 5.17 Å². The van der Waals surface area contributed by atoms with Crippen LogP contribution in [0.3, 0.4) is 0 Å². The average molecular weight is 282 g/mol. The van der Waals surface area contributed by atoms with Gasteiger partial charge in [0.05, 0.1) is 11.9 Å². The summed E-state index contributed by atoms with van der Waals surface area (Å²) in [6, 6.07) is 11.5. The largest absolute Gasteiger partial charge is 0.399 e. The summed E-state index contributed by atoms with van der Waals surface area (Å²) >= 11 is 0. The van der Waals surface area contributed by atoms with Gasteiger partial charge in [0.1, 0.15) is 6.10 Å². The van der Waals surface area contributed by atoms with Gasteiger partial charge in [0.2, 0.25) is 0 Å². The molecule has 0 amide bonds. The maximum atomic E-state index is 5.85. The van der Waals surface area contributed by atoms with E-state index in [0.717, 1.165) is 33.8 Å². The van der Waals surface area contributed by atoms with Gasteiger partial charge in [0.15, 0.2) is 0 Å².